The average Bonchev–Trinajstić information content (AvgIpc) is 3.71. The zero-order valence-electron chi connectivity index (χ0n) is 28.7. The maximum Gasteiger partial charge on any atom is -0.109 e. The summed E-state index contributed by atoms with van der Waals surface area (Å²) in [4.78, 5) is 0. The Labute approximate surface area is 319 Å². The number of alkyl halides is 6. The molecule has 0 bridgehead atoms. The molecule has 0 fully saturated rings. The standard InChI is InChI=1S/C21H25.C15H8F6.C5H5.2ClH.Zr/c1-20(2,3)16-7-9-18-14(12-16)11-15-13-17(21(4,5)6)8-10-19(15)18;16-14(17,18)12-5-1-10(2-6-12)9-11-3-7-13(8-4-11)15(19,20)21;1-2-4-5-3-1;;;/h7-10,12H,11H2,1-6H3;1-8H;1-3H,4H2;2*1H;/q-1;;-1;;;+2/p-2. The maximum atomic E-state index is 12.5. The third-order valence-electron chi connectivity index (χ3n) is 8.05. The van der Waals surface area contributed by atoms with Crippen molar-refractivity contribution in [2.24, 2.45) is 0 Å². The molecular weight excluding hydrogens is 769 g/mol. The molecule has 0 aliphatic heterocycles. The zero-order chi connectivity index (χ0) is 35.5. The number of hydrogen-bond acceptors (Lipinski definition) is 0. The van der Waals surface area contributed by atoms with Gasteiger partial charge < -0.3 is 24.8 Å². The molecule has 6 rings (SSSR count). The topological polar surface area (TPSA) is 0 Å². The quantitative estimate of drug-likeness (QED) is 0.156. The Bertz CT molecular complexity index is 1670. The zero-order valence-corrected chi connectivity index (χ0v) is 32.6. The van der Waals surface area contributed by atoms with Crippen LogP contribution in [0.15, 0.2) is 97.1 Å². The van der Waals surface area contributed by atoms with E-state index >= 15 is 0 Å². The largest absolute Gasteiger partial charge is 1.00 e. The van der Waals surface area contributed by atoms with E-state index in [-0.39, 0.29) is 35.6 Å². The molecule has 2 aliphatic rings. The van der Waals surface area contributed by atoms with Crippen molar-refractivity contribution in [2.45, 2.75) is 77.6 Å². The molecule has 0 aromatic heterocycles. The van der Waals surface area contributed by atoms with Gasteiger partial charge in [0, 0.05) is 0 Å². The van der Waals surface area contributed by atoms with Crippen LogP contribution in [0.25, 0.3) is 11.1 Å². The minimum atomic E-state index is -4.41. The predicted octanol–water partition coefficient (Wildman–Crippen LogP) is 5.81. The summed E-state index contributed by atoms with van der Waals surface area (Å²) in [6.07, 6.45) is 2.21. The van der Waals surface area contributed by atoms with Crippen LogP contribution in [0, 0.1) is 12.1 Å². The van der Waals surface area contributed by atoms with Crippen LogP contribution in [0.4, 0.5) is 26.3 Å². The summed E-state index contributed by atoms with van der Waals surface area (Å²) < 4.78 is 75.6. The van der Waals surface area contributed by atoms with Crippen molar-refractivity contribution < 1.29 is 75.4 Å². The van der Waals surface area contributed by atoms with Crippen LogP contribution in [0.5, 0.6) is 0 Å². The summed E-state index contributed by atoms with van der Waals surface area (Å²) in [5, 5.41) is 0. The Balaban J connectivity index is 0.000000293. The Hall–Kier alpha value is -2.73. The number of halogens is 8. The van der Waals surface area contributed by atoms with E-state index < -0.39 is 23.5 Å². The molecular formula is C41H38Cl2F6Zr-2. The summed E-state index contributed by atoms with van der Waals surface area (Å²) in [5.74, 6) is 0. The smallest absolute Gasteiger partial charge is 0.109 e. The maximum absolute atomic E-state index is 12.5. The second kappa shape index (κ2) is 17.2. The van der Waals surface area contributed by atoms with Gasteiger partial charge in [-0.2, -0.15) is 29.8 Å². The number of fused-ring (bicyclic) bond motifs is 3. The van der Waals surface area contributed by atoms with Crippen LogP contribution in [-0.2, 0) is 53.8 Å². The van der Waals surface area contributed by atoms with Gasteiger partial charge in [-0.1, -0.05) is 65.3 Å². The average molecular weight is 807 g/mol. The van der Waals surface area contributed by atoms with Crippen molar-refractivity contribution in [1.82, 2.24) is 0 Å². The van der Waals surface area contributed by atoms with Gasteiger partial charge >= 0.3 is 137 Å². The number of benzene rings is 4. The van der Waals surface area contributed by atoms with E-state index in [0.29, 0.717) is 14.3 Å². The van der Waals surface area contributed by atoms with Crippen molar-refractivity contribution in [1.29, 1.82) is 0 Å². The normalized spacial score (nSPS) is 13.1. The molecule has 0 nitrogen and oxygen atoms in total. The molecule has 9 heteroatoms. The minimum absolute atomic E-state index is 0. The van der Waals surface area contributed by atoms with Gasteiger partial charge in [0.1, 0.15) is 0 Å². The van der Waals surface area contributed by atoms with E-state index in [1.165, 1.54) is 57.6 Å². The van der Waals surface area contributed by atoms with Crippen molar-refractivity contribution in [3.8, 4) is 11.1 Å². The van der Waals surface area contributed by atoms with E-state index in [1.54, 1.807) is 0 Å². The Morgan fingerprint density at radius 3 is 1.48 bits per heavy atom. The molecule has 0 N–H and O–H groups in total. The Kier molecular flexibility index (Phi) is 14.9. The molecule has 0 amide bonds. The SMILES string of the molecule is CC(C)(C)c1[c-]c2c(cc1)-c1ccc(C(C)(C)C)cc1C2.FC(F)(F)c1ccc([C](=[Zr+2])c2ccc(C(F)(F)F)cc2)cc1.[C-]1=CC=CC1.[Cl-].[Cl-]. The summed E-state index contributed by atoms with van der Waals surface area (Å²) in [6.45, 7) is 13.6. The molecule has 0 spiro atoms. The second-order valence-electron chi connectivity index (χ2n) is 13.8. The van der Waals surface area contributed by atoms with E-state index in [0.717, 1.165) is 61.3 Å². The first-order valence-corrected chi connectivity index (χ1v) is 16.8. The van der Waals surface area contributed by atoms with Crippen LogP contribution in [0.2, 0.25) is 0 Å². The monoisotopic (exact) mass is 804 g/mol. The fourth-order valence-electron chi connectivity index (χ4n) is 5.19. The Morgan fingerprint density at radius 2 is 1.10 bits per heavy atom. The number of rotatable bonds is 2. The number of allylic oxidation sites excluding steroid dienone is 4. The molecule has 0 saturated heterocycles. The molecule has 4 aromatic rings. The first kappa shape index (κ1) is 43.4. The molecule has 0 saturated carbocycles. The third kappa shape index (κ3) is 11.4. The van der Waals surface area contributed by atoms with E-state index in [4.69, 9.17) is 0 Å². The molecule has 4 aromatic carbocycles. The van der Waals surface area contributed by atoms with Crippen molar-refractivity contribution >= 4 is 3.21 Å². The van der Waals surface area contributed by atoms with Gasteiger partial charge in [0.15, 0.2) is 0 Å². The molecule has 0 unspecified atom stereocenters. The number of hydrogen-bond donors (Lipinski definition) is 0. The Morgan fingerprint density at radius 1 is 0.620 bits per heavy atom. The summed E-state index contributed by atoms with van der Waals surface area (Å²) in [5.41, 5.74) is 8.31. The summed E-state index contributed by atoms with van der Waals surface area (Å²) in [6, 6.07) is 24.3. The van der Waals surface area contributed by atoms with Crippen molar-refractivity contribution in [3.63, 3.8) is 0 Å². The molecule has 0 atom stereocenters. The molecule has 0 heterocycles. The van der Waals surface area contributed by atoms with Gasteiger partial charge in [0.25, 0.3) is 0 Å². The first-order valence-electron chi connectivity index (χ1n) is 15.6. The van der Waals surface area contributed by atoms with Gasteiger partial charge in [-0.25, -0.2) is 12.2 Å². The fraction of sp³-hybridized carbons (Fsp3) is 0.293. The van der Waals surface area contributed by atoms with Crippen molar-refractivity contribution in [3.05, 3.63) is 154 Å². The minimum Gasteiger partial charge on any atom is -1.00 e. The van der Waals surface area contributed by atoms with Crippen LogP contribution in [0.1, 0.15) is 92.5 Å². The predicted molar refractivity (Wildman–Crippen MR) is 179 cm³/mol. The van der Waals surface area contributed by atoms with Crippen LogP contribution in [-0.4, -0.2) is 3.21 Å². The van der Waals surface area contributed by atoms with Gasteiger partial charge in [-0.15, -0.1) is 17.5 Å². The molecule has 264 valence electrons. The van der Waals surface area contributed by atoms with E-state index in [2.05, 4.69) is 90.1 Å². The van der Waals surface area contributed by atoms with E-state index in [9.17, 15) is 26.3 Å². The van der Waals surface area contributed by atoms with Gasteiger partial charge in [-0.3, -0.25) is 6.08 Å². The van der Waals surface area contributed by atoms with Gasteiger partial charge in [-0.05, 0) is 28.4 Å². The van der Waals surface area contributed by atoms with Crippen molar-refractivity contribution in [2.75, 3.05) is 0 Å². The summed E-state index contributed by atoms with van der Waals surface area (Å²) >= 11 is 0.898. The van der Waals surface area contributed by atoms with Crippen LogP contribution < -0.4 is 24.8 Å². The summed E-state index contributed by atoms with van der Waals surface area (Å²) in [7, 11) is 0. The van der Waals surface area contributed by atoms with Crippen LogP contribution >= 0.6 is 0 Å². The third-order valence-corrected chi connectivity index (χ3v) is 9.47. The van der Waals surface area contributed by atoms with Crippen LogP contribution in [0.3, 0.4) is 0 Å². The first-order chi connectivity index (χ1) is 22.2. The van der Waals surface area contributed by atoms with Gasteiger partial charge in [0.05, 0.1) is 0 Å². The molecule has 2 aliphatic carbocycles. The van der Waals surface area contributed by atoms with Gasteiger partial charge in [0.2, 0.25) is 0 Å². The molecule has 0 radical (unpaired) electrons. The second-order valence-corrected chi connectivity index (χ2v) is 15.1. The fourth-order valence-corrected chi connectivity index (χ4v) is 6.01. The molecule has 50 heavy (non-hydrogen) atoms. The van der Waals surface area contributed by atoms with E-state index in [1.807, 2.05) is 12.2 Å².